The Kier molecular flexibility index (Phi) is 6.27. The van der Waals surface area contributed by atoms with Crippen molar-refractivity contribution in [3.8, 4) is 5.75 Å². The summed E-state index contributed by atoms with van der Waals surface area (Å²) in [5.41, 5.74) is 4.50. The Bertz CT molecular complexity index is 652. The number of aryl methyl sites for hydroxylation is 2. The molecule has 2 radical (unpaired) electrons. The van der Waals surface area contributed by atoms with Crippen molar-refractivity contribution in [2.75, 3.05) is 0 Å². The Morgan fingerprint density at radius 2 is 1.83 bits per heavy atom. The van der Waals surface area contributed by atoms with E-state index in [9.17, 15) is 0 Å². The van der Waals surface area contributed by atoms with Gasteiger partial charge in [-0.25, -0.2) is 0 Å². The monoisotopic (exact) mass is 323 g/mol. The minimum Gasteiger partial charge on any atom is -0.653 e. The topological polar surface area (TPSA) is 22.1 Å². The molecule has 0 aliphatic rings. The van der Waals surface area contributed by atoms with Gasteiger partial charge in [-0.15, -0.1) is 0 Å². The average molecular weight is 323 g/mol. The van der Waals surface area contributed by atoms with Crippen molar-refractivity contribution >= 4 is 16.6 Å². The van der Waals surface area contributed by atoms with E-state index in [-0.39, 0.29) is 5.41 Å². The number of aromatic nitrogens is 1. The molecule has 1 aromatic carbocycles. The third-order valence-electron chi connectivity index (χ3n) is 4.50. The van der Waals surface area contributed by atoms with E-state index in [0.29, 0.717) is 0 Å². The van der Waals surface area contributed by atoms with E-state index in [1.165, 1.54) is 24.0 Å². The van der Waals surface area contributed by atoms with E-state index in [4.69, 9.17) is 8.77 Å². The van der Waals surface area contributed by atoms with Crippen LogP contribution in [0.2, 0.25) is 0 Å². The fourth-order valence-corrected chi connectivity index (χ4v) is 3.22. The van der Waals surface area contributed by atoms with Gasteiger partial charge in [0.25, 0.3) is 0 Å². The highest BCUT2D eigenvalue weighted by Gasteiger charge is 2.28. The molecule has 0 bridgehead atoms. The molecule has 0 unspecified atom stereocenters. The third kappa shape index (κ3) is 3.97. The first kappa shape index (κ1) is 18.0. The highest BCUT2D eigenvalue weighted by atomic mass is 27.1. The van der Waals surface area contributed by atoms with Crippen LogP contribution >= 0.6 is 0 Å². The third-order valence-corrected chi connectivity index (χ3v) is 4.73. The lowest BCUT2D eigenvalue weighted by Gasteiger charge is -2.29. The number of rotatable bonds is 7. The molecule has 23 heavy (non-hydrogen) atoms. The molecule has 0 atom stereocenters. The number of para-hydroxylation sites is 1. The zero-order valence-electron chi connectivity index (χ0n) is 14.7. The lowest BCUT2D eigenvalue weighted by atomic mass is 9.79. The van der Waals surface area contributed by atoms with E-state index >= 15 is 0 Å². The fourth-order valence-electron chi connectivity index (χ4n) is 2.94. The SMILES string of the molecule is CCCCc1cccc(C(C)(C)c2cccc(CC)n2)c1[O][Al]. The van der Waals surface area contributed by atoms with Gasteiger partial charge in [-0.1, -0.05) is 58.4 Å². The van der Waals surface area contributed by atoms with Crippen LogP contribution in [0.1, 0.15) is 63.1 Å². The molecule has 2 aromatic rings. The summed E-state index contributed by atoms with van der Waals surface area (Å²) in [6.45, 7) is 8.80. The Morgan fingerprint density at radius 3 is 2.48 bits per heavy atom. The van der Waals surface area contributed by atoms with Crippen LogP contribution in [0, 0.1) is 0 Å². The van der Waals surface area contributed by atoms with E-state index in [1.807, 2.05) is 0 Å². The predicted octanol–water partition coefficient (Wildman–Crippen LogP) is 4.77. The van der Waals surface area contributed by atoms with Crippen LogP contribution in [0.25, 0.3) is 0 Å². The molecule has 2 rings (SSSR count). The second-order valence-corrected chi connectivity index (χ2v) is 6.74. The van der Waals surface area contributed by atoms with E-state index in [0.717, 1.165) is 30.0 Å². The number of pyridine rings is 1. The molecular formula is C20H26AlNO. The molecule has 0 amide bonds. The second-order valence-electron chi connectivity index (χ2n) is 6.51. The molecule has 0 fully saturated rings. The van der Waals surface area contributed by atoms with Crippen LogP contribution in [0.4, 0.5) is 0 Å². The summed E-state index contributed by atoms with van der Waals surface area (Å²) < 4.78 is 5.73. The maximum absolute atomic E-state index is 5.73. The van der Waals surface area contributed by atoms with Gasteiger partial charge in [0.1, 0.15) is 0 Å². The van der Waals surface area contributed by atoms with Crippen LogP contribution in [-0.4, -0.2) is 21.6 Å². The quantitative estimate of drug-likeness (QED) is 0.684. The summed E-state index contributed by atoms with van der Waals surface area (Å²) in [7, 11) is 0. The highest BCUT2D eigenvalue weighted by Crippen LogP contribution is 2.38. The molecule has 0 aliphatic carbocycles. The maximum atomic E-state index is 5.73. The van der Waals surface area contributed by atoms with Crippen molar-refractivity contribution in [2.45, 2.75) is 58.8 Å². The number of benzene rings is 1. The second kappa shape index (κ2) is 8.00. The predicted molar refractivity (Wildman–Crippen MR) is 97.2 cm³/mol. The minimum atomic E-state index is -0.195. The van der Waals surface area contributed by atoms with E-state index in [2.05, 4.69) is 80.7 Å². The fraction of sp³-hybridized carbons (Fsp3) is 0.450. The van der Waals surface area contributed by atoms with Gasteiger partial charge < -0.3 is 3.79 Å². The summed E-state index contributed by atoms with van der Waals surface area (Å²) in [6.07, 6.45) is 4.36. The van der Waals surface area contributed by atoms with Gasteiger partial charge in [0, 0.05) is 16.7 Å². The van der Waals surface area contributed by atoms with E-state index in [1.54, 1.807) is 0 Å². The average Bonchev–Trinajstić information content (AvgIpc) is 2.59. The molecule has 1 heterocycles. The van der Waals surface area contributed by atoms with Crippen molar-refractivity contribution in [1.29, 1.82) is 0 Å². The zero-order valence-corrected chi connectivity index (χ0v) is 15.9. The number of nitrogens with zero attached hydrogens (tertiary/aromatic N) is 1. The van der Waals surface area contributed by atoms with Crippen molar-refractivity contribution < 1.29 is 3.79 Å². The van der Waals surface area contributed by atoms with Crippen LogP contribution in [0.15, 0.2) is 36.4 Å². The Morgan fingerprint density at radius 1 is 1.09 bits per heavy atom. The number of hydrogen-bond donors (Lipinski definition) is 0. The summed E-state index contributed by atoms with van der Waals surface area (Å²) in [5, 5.41) is 0. The first-order valence-corrected chi connectivity index (χ1v) is 8.97. The van der Waals surface area contributed by atoms with Crippen LogP contribution in [0.5, 0.6) is 5.75 Å². The van der Waals surface area contributed by atoms with Crippen LogP contribution in [-0.2, 0) is 18.3 Å². The van der Waals surface area contributed by atoms with Gasteiger partial charge in [0.15, 0.2) is 0 Å². The van der Waals surface area contributed by atoms with Gasteiger partial charge in [0.05, 0.1) is 11.4 Å². The molecule has 0 saturated carbocycles. The molecule has 0 aliphatic heterocycles. The van der Waals surface area contributed by atoms with Gasteiger partial charge in [-0.2, -0.15) is 0 Å². The largest absolute Gasteiger partial charge is 0.653 e. The number of hydrogen-bond acceptors (Lipinski definition) is 2. The molecule has 2 nitrogen and oxygen atoms in total. The smallest absolute Gasteiger partial charge is 0.482 e. The summed E-state index contributed by atoms with van der Waals surface area (Å²) >= 11 is 2.42. The summed E-state index contributed by atoms with van der Waals surface area (Å²) in [4.78, 5) is 4.84. The van der Waals surface area contributed by atoms with Gasteiger partial charge in [-0.3, -0.25) is 4.98 Å². The standard InChI is InChI=1S/C20H27NO.Al/c1-5-7-10-15-11-8-13-17(19(15)22)20(3,4)18-14-9-12-16(6-2)21-18;/h8-9,11-14,22H,5-7,10H2,1-4H3;/q;+1/p-1. The lowest BCUT2D eigenvalue weighted by molar-refractivity contribution is 0.540. The first-order chi connectivity index (χ1) is 11.0. The van der Waals surface area contributed by atoms with Crippen molar-refractivity contribution in [3.63, 3.8) is 0 Å². The van der Waals surface area contributed by atoms with Crippen molar-refractivity contribution in [3.05, 3.63) is 58.9 Å². The van der Waals surface area contributed by atoms with Crippen LogP contribution < -0.4 is 3.79 Å². The molecular weight excluding hydrogens is 297 g/mol. The van der Waals surface area contributed by atoms with Crippen molar-refractivity contribution in [1.82, 2.24) is 4.98 Å². The highest BCUT2D eigenvalue weighted by molar-refractivity contribution is 6.00. The van der Waals surface area contributed by atoms with Gasteiger partial charge in [-0.05, 0) is 37.0 Å². The Balaban J connectivity index is 2.49. The number of unbranched alkanes of at least 4 members (excludes halogenated alkanes) is 1. The Hall–Kier alpha value is -1.30. The molecule has 120 valence electrons. The van der Waals surface area contributed by atoms with Gasteiger partial charge >= 0.3 is 16.6 Å². The summed E-state index contributed by atoms with van der Waals surface area (Å²) in [5.74, 6) is 0.986. The van der Waals surface area contributed by atoms with Crippen molar-refractivity contribution in [2.24, 2.45) is 0 Å². The first-order valence-electron chi connectivity index (χ1n) is 8.50. The maximum Gasteiger partial charge on any atom is 0.482 e. The van der Waals surface area contributed by atoms with Gasteiger partial charge in [0.2, 0.25) is 0 Å². The zero-order chi connectivity index (χ0) is 16.9. The molecule has 3 heteroatoms. The molecule has 0 spiro atoms. The van der Waals surface area contributed by atoms with E-state index < -0.39 is 0 Å². The molecule has 0 saturated heterocycles. The Labute approximate surface area is 149 Å². The lowest BCUT2D eigenvalue weighted by Crippen LogP contribution is -2.22. The summed E-state index contributed by atoms with van der Waals surface area (Å²) in [6, 6.07) is 12.8. The van der Waals surface area contributed by atoms with Crippen LogP contribution in [0.3, 0.4) is 0 Å². The molecule has 0 N–H and O–H groups in total. The minimum absolute atomic E-state index is 0.195. The molecule has 1 aromatic heterocycles. The normalized spacial score (nSPS) is 11.5.